The number of fused-ring (bicyclic) bond motifs is 5. The van der Waals surface area contributed by atoms with Crippen LogP contribution in [-0.4, -0.2) is 51.0 Å². The Balaban J connectivity index is 1.65. The van der Waals surface area contributed by atoms with Gasteiger partial charge in [-0.2, -0.15) is 0 Å². The monoisotopic (exact) mass is 489 g/mol. The zero-order chi connectivity index (χ0) is 24.4. The number of carbonyl (C=O) groups is 2. The summed E-state index contributed by atoms with van der Waals surface area (Å²) in [4.78, 5) is 27.8. The molecule has 9 heteroatoms. The molecular weight excluding hydrogens is 466 g/mol. The molecule has 178 valence electrons. The standard InChI is InChI=1S/C26H23N3O5S/c1-34-18-13-11-17(12-14-18)26-15-22-24(31)27-16-23(30)28(22)25(26)29(21-10-6-5-9-20(21)26)35(32,33)19-7-3-2-4-8-19/h2-14,22,25H,15-16H2,1H3,(H,27,31)/t22-,25-,26-/m0/s1. The van der Waals surface area contributed by atoms with Gasteiger partial charge in [-0.05, 0) is 47.9 Å². The molecular formula is C26H23N3O5S. The lowest BCUT2D eigenvalue weighted by molar-refractivity contribution is -0.145. The highest BCUT2D eigenvalue weighted by atomic mass is 32.2. The van der Waals surface area contributed by atoms with Crippen LogP contribution in [0.15, 0.2) is 83.8 Å². The fraction of sp³-hybridized carbons (Fsp3) is 0.231. The summed E-state index contributed by atoms with van der Waals surface area (Å²) in [5, 5.41) is 2.67. The lowest BCUT2D eigenvalue weighted by Crippen LogP contribution is -2.62. The molecule has 3 aliphatic heterocycles. The largest absolute Gasteiger partial charge is 0.497 e. The first-order valence-electron chi connectivity index (χ1n) is 11.3. The summed E-state index contributed by atoms with van der Waals surface area (Å²) in [6.45, 7) is -0.167. The van der Waals surface area contributed by atoms with Gasteiger partial charge in [0, 0.05) is 0 Å². The highest BCUT2D eigenvalue weighted by Gasteiger charge is 2.67. The van der Waals surface area contributed by atoms with Crippen molar-refractivity contribution in [1.29, 1.82) is 0 Å². The number of para-hydroxylation sites is 1. The van der Waals surface area contributed by atoms with Crippen molar-refractivity contribution >= 4 is 27.5 Å². The number of sulfonamides is 1. The van der Waals surface area contributed by atoms with Crippen molar-refractivity contribution in [2.45, 2.75) is 28.9 Å². The summed E-state index contributed by atoms with van der Waals surface area (Å²) >= 11 is 0. The zero-order valence-corrected chi connectivity index (χ0v) is 19.7. The Kier molecular flexibility index (Phi) is 4.69. The van der Waals surface area contributed by atoms with Crippen molar-refractivity contribution in [3.8, 4) is 5.75 Å². The molecule has 0 unspecified atom stereocenters. The number of nitrogens with one attached hydrogen (secondary N) is 1. The molecule has 0 aromatic heterocycles. The first-order valence-corrected chi connectivity index (χ1v) is 12.8. The van der Waals surface area contributed by atoms with E-state index in [4.69, 9.17) is 4.74 Å². The summed E-state index contributed by atoms with van der Waals surface area (Å²) < 4.78 is 35.0. The summed E-state index contributed by atoms with van der Waals surface area (Å²) in [7, 11) is -2.50. The summed E-state index contributed by atoms with van der Waals surface area (Å²) in [5.74, 6) is 0.0729. The van der Waals surface area contributed by atoms with E-state index in [9.17, 15) is 18.0 Å². The second-order valence-corrected chi connectivity index (χ2v) is 10.8. The number of carbonyl (C=O) groups excluding carboxylic acids is 2. The van der Waals surface area contributed by atoms with Crippen LogP contribution in [0.4, 0.5) is 5.69 Å². The maximum Gasteiger partial charge on any atom is 0.266 e. The fourth-order valence-electron chi connectivity index (χ4n) is 5.83. The molecule has 0 radical (unpaired) electrons. The number of hydrogen-bond donors (Lipinski definition) is 1. The van der Waals surface area contributed by atoms with Crippen molar-refractivity contribution in [3.63, 3.8) is 0 Å². The molecule has 3 aromatic rings. The van der Waals surface area contributed by atoms with Crippen LogP contribution in [0.3, 0.4) is 0 Å². The van der Waals surface area contributed by atoms with E-state index in [1.807, 2.05) is 36.4 Å². The first-order chi connectivity index (χ1) is 16.9. The van der Waals surface area contributed by atoms with Crippen LogP contribution in [0.1, 0.15) is 17.5 Å². The molecule has 0 saturated carbocycles. The Morgan fingerprint density at radius 1 is 0.943 bits per heavy atom. The topological polar surface area (TPSA) is 96.0 Å². The third-order valence-corrected chi connectivity index (χ3v) is 9.09. The average Bonchev–Trinajstić information content (AvgIpc) is 3.39. The summed E-state index contributed by atoms with van der Waals surface area (Å²) in [6.07, 6.45) is -0.665. The van der Waals surface area contributed by atoms with E-state index < -0.39 is 27.6 Å². The number of ether oxygens (including phenoxy) is 1. The molecule has 2 amide bonds. The van der Waals surface area contributed by atoms with Crippen molar-refractivity contribution < 1.29 is 22.7 Å². The lowest BCUT2D eigenvalue weighted by Gasteiger charge is -2.40. The van der Waals surface area contributed by atoms with Gasteiger partial charge in [-0.1, -0.05) is 48.5 Å². The van der Waals surface area contributed by atoms with Gasteiger partial charge in [0.1, 0.15) is 18.0 Å². The Morgan fingerprint density at radius 2 is 1.63 bits per heavy atom. The van der Waals surface area contributed by atoms with E-state index in [-0.39, 0.29) is 29.7 Å². The third kappa shape index (κ3) is 2.88. The molecule has 0 spiro atoms. The number of methoxy groups -OCH3 is 1. The van der Waals surface area contributed by atoms with E-state index in [2.05, 4.69) is 5.32 Å². The van der Waals surface area contributed by atoms with Gasteiger partial charge >= 0.3 is 0 Å². The Labute approximate surface area is 203 Å². The van der Waals surface area contributed by atoms with Crippen LogP contribution in [0.5, 0.6) is 5.75 Å². The molecule has 35 heavy (non-hydrogen) atoms. The number of benzene rings is 3. The molecule has 3 aliphatic rings. The number of rotatable bonds is 4. The number of nitrogens with zero attached hydrogens (tertiary/aromatic N) is 2. The van der Waals surface area contributed by atoms with Crippen molar-refractivity contribution in [3.05, 3.63) is 90.0 Å². The van der Waals surface area contributed by atoms with E-state index in [0.29, 0.717) is 11.4 Å². The molecule has 6 rings (SSSR count). The van der Waals surface area contributed by atoms with Gasteiger partial charge in [0.25, 0.3) is 10.0 Å². The van der Waals surface area contributed by atoms with Gasteiger partial charge in [0.15, 0.2) is 0 Å². The number of hydrogen-bond acceptors (Lipinski definition) is 5. The van der Waals surface area contributed by atoms with Gasteiger partial charge in [-0.3, -0.25) is 9.59 Å². The molecule has 0 aliphatic carbocycles. The van der Waals surface area contributed by atoms with Crippen molar-refractivity contribution in [2.75, 3.05) is 18.0 Å². The second kappa shape index (κ2) is 7.58. The first kappa shape index (κ1) is 21.7. The Bertz CT molecular complexity index is 1440. The van der Waals surface area contributed by atoms with Crippen LogP contribution >= 0.6 is 0 Å². The lowest BCUT2D eigenvalue weighted by atomic mass is 9.72. The third-order valence-electron chi connectivity index (χ3n) is 7.31. The van der Waals surface area contributed by atoms with E-state index in [1.54, 1.807) is 49.6 Å². The van der Waals surface area contributed by atoms with Crippen LogP contribution in [0.25, 0.3) is 0 Å². The minimum absolute atomic E-state index is 0.123. The van der Waals surface area contributed by atoms with Crippen LogP contribution < -0.4 is 14.4 Å². The minimum atomic E-state index is -4.07. The molecule has 1 N–H and O–H groups in total. The number of amides is 2. The minimum Gasteiger partial charge on any atom is -0.497 e. The smallest absolute Gasteiger partial charge is 0.266 e. The number of piperazine rings is 1. The number of anilines is 1. The quantitative estimate of drug-likeness (QED) is 0.607. The van der Waals surface area contributed by atoms with Gasteiger partial charge in [0.05, 0.1) is 29.7 Å². The summed E-state index contributed by atoms with van der Waals surface area (Å²) in [6, 6.07) is 22.1. The van der Waals surface area contributed by atoms with Gasteiger partial charge in [-0.15, -0.1) is 0 Å². The second-order valence-electron chi connectivity index (χ2n) is 8.94. The van der Waals surface area contributed by atoms with E-state index in [1.165, 1.54) is 9.21 Å². The highest BCUT2D eigenvalue weighted by Crippen LogP contribution is 2.59. The van der Waals surface area contributed by atoms with Crippen molar-refractivity contribution in [2.24, 2.45) is 0 Å². The molecule has 0 bridgehead atoms. The zero-order valence-electron chi connectivity index (χ0n) is 18.9. The van der Waals surface area contributed by atoms with Gasteiger partial charge < -0.3 is 15.0 Å². The predicted molar refractivity (Wildman–Crippen MR) is 128 cm³/mol. The Hall–Kier alpha value is -3.85. The molecule has 3 atom stereocenters. The van der Waals surface area contributed by atoms with Crippen LogP contribution in [0.2, 0.25) is 0 Å². The SMILES string of the molecule is COc1ccc([C@]23C[C@H]4C(=O)NCC(=O)N4[C@H]2N(S(=O)(=O)c2ccccc2)c2ccccc23)cc1. The van der Waals surface area contributed by atoms with Crippen molar-refractivity contribution in [1.82, 2.24) is 10.2 Å². The predicted octanol–water partition coefficient (Wildman–Crippen LogP) is 2.25. The van der Waals surface area contributed by atoms with E-state index >= 15 is 0 Å². The normalized spacial score (nSPS) is 25.1. The van der Waals surface area contributed by atoms with Gasteiger partial charge in [0.2, 0.25) is 11.8 Å². The van der Waals surface area contributed by atoms with Gasteiger partial charge in [-0.25, -0.2) is 12.7 Å². The maximum absolute atomic E-state index is 14.1. The van der Waals surface area contributed by atoms with Crippen LogP contribution in [-0.2, 0) is 25.0 Å². The maximum atomic E-state index is 14.1. The van der Waals surface area contributed by atoms with Crippen LogP contribution in [0, 0.1) is 0 Å². The molecule has 2 fully saturated rings. The molecule has 3 heterocycles. The average molecular weight is 490 g/mol. The fourth-order valence-corrected chi connectivity index (χ4v) is 7.52. The molecule has 2 saturated heterocycles. The van der Waals surface area contributed by atoms with E-state index in [0.717, 1.165) is 11.1 Å². The highest BCUT2D eigenvalue weighted by molar-refractivity contribution is 7.92. The Morgan fingerprint density at radius 3 is 2.34 bits per heavy atom. The molecule has 8 nitrogen and oxygen atoms in total. The summed E-state index contributed by atoms with van der Waals surface area (Å²) in [5.41, 5.74) is 1.16. The molecule has 3 aromatic carbocycles.